The van der Waals surface area contributed by atoms with Gasteiger partial charge < -0.3 is 9.53 Å². The van der Waals surface area contributed by atoms with Crippen LogP contribution < -0.4 is 0 Å². The van der Waals surface area contributed by atoms with Crippen molar-refractivity contribution >= 4 is 6.29 Å². The van der Waals surface area contributed by atoms with E-state index in [0.29, 0.717) is 12.3 Å². The van der Waals surface area contributed by atoms with Crippen LogP contribution in [0.5, 0.6) is 0 Å². The van der Waals surface area contributed by atoms with Gasteiger partial charge in [0, 0.05) is 11.8 Å². The summed E-state index contributed by atoms with van der Waals surface area (Å²) in [4.78, 5) is 10.3. The second kappa shape index (κ2) is 2.70. The zero-order chi connectivity index (χ0) is 7.61. The largest absolute Gasteiger partial charge is 0.380 e. The Kier molecular flexibility index (Phi) is 2.09. The first-order chi connectivity index (χ1) is 4.71. The fourth-order valence-corrected chi connectivity index (χ4v) is 1.22. The summed E-state index contributed by atoms with van der Waals surface area (Å²) in [6.07, 6.45) is 1.66. The van der Waals surface area contributed by atoms with E-state index in [1.807, 2.05) is 0 Å². The van der Waals surface area contributed by atoms with Crippen molar-refractivity contribution in [2.45, 2.75) is 20.3 Å². The third-order valence-corrected chi connectivity index (χ3v) is 2.49. The molecule has 58 valence electrons. The monoisotopic (exact) mass is 142 g/mol. The van der Waals surface area contributed by atoms with E-state index in [9.17, 15) is 4.79 Å². The second-order valence-electron chi connectivity index (χ2n) is 3.38. The maximum absolute atomic E-state index is 10.3. The van der Waals surface area contributed by atoms with Gasteiger partial charge in [-0.15, -0.1) is 0 Å². The third-order valence-electron chi connectivity index (χ3n) is 2.49. The molecule has 0 aliphatic carbocycles. The predicted octanol–water partition coefficient (Wildman–Crippen LogP) is 1.25. The number of hydrogen-bond acceptors (Lipinski definition) is 2. The Morgan fingerprint density at radius 2 is 2.20 bits per heavy atom. The van der Waals surface area contributed by atoms with Gasteiger partial charge in [-0.2, -0.15) is 0 Å². The summed E-state index contributed by atoms with van der Waals surface area (Å²) < 4.78 is 5.09. The van der Waals surface area contributed by atoms with E-state index in [-0.39, 0.29) is 5.41 Å². The van der Waals surface area contributed by atoms with Crippen LogP contribution in [0.4, 0.5) is 0 Å². The summed E-state index contributed by atoms with van der Waals surface area (Å²) in [5.41, 5.74) is 0.182. The first-order valence-corrected chi connectivity index (χ1v) is 3.73. The fourth-order valence-electron chi connectivity index (χ4n) is 1.22. The first kappa shape index (κ1) is 7.73. The number of hydrogen-bond donors (Lipinski definition) is 0. The molecular formula is C8H14O2. The minimum atomic E-state index is 0.182. The van der Waals surface area contributed by atoms with E-state index in [2.05, 4.69) is 13.8 Å². The quantitative estimate of drug-likeness (QED) is 0.554. The fraction of sp³-hybridized carbons (Fsp3) is 0.875. The van der Waals surface area contributed by atoms with Gasteiger partial charge in [-0.25, -0.2) is 0 Å². The molecule has 0 aromatic heterocycles. The van der Waals surface area contributed by atoms with Crippen LogP contribution in [-0.2, 0) is 9.53 Å². The number of carbonyl (C=O) groups excluding carboxylic acids is 1. The number of ether oxygens (including phenoxy) is 1. The summed E-state index contributed by atoms with van der Waals surface area (Å²) in [5.74, 6) is 0.562. The minimum absolute atomic E-state index is 0.182. The Bertz CT molecular complexity index is 125. The molecule has 0 radical (unpaired) electrons. The van der Waals surface area contributed by atoms with Gasteiger partial charge in [0.05, 0.1) is 13.2 Å². The summed E-state index contributed by atoms with van der Waals surface area (Å²) >= 11 is 0. The highest BCUT2D eigenvalue weighted by Crippen LogP contribution is 2.37. The average molecular weight is 142 g/mol. The van der Waals surface area contributed by atoms with Crippen LogP contribution in [0.15, 0.2) is 0 Å². The summed E-state index contributed by atoms with van der Waals surface area (Å²) in [7, 11) is 0. The highest BCUT2D eigenvalue weighted by atomic mass is 16.5. The zero-order valence-corrected chi connectivity index (χ0v) is 6.59. The smallest absolute Gasteiger partial charge is 0.120 e. The van der Waals surface area contributed by atoms with Crippen LogP contribution in [0, 0.1) is 11.3 Å². The molecule has 0 saturated carbocycles. The van der Waals surface area contributed by atoms with E-state index in [0.717, 1.165) is 19.5 Å². The van der Waals surface area contributed by atoms with Crippen LogP contribution >= 0.6 is 0 Å². The summed E-state index contributed by atoms with van der Waals surface area (Å²) in [5, 5.41) is 0. The minimum Gasteiger partial charge on any atom is -0.380 e. The molecule has 0 aromatic rings. The lowest BCUT2D eigenvalue weighted by Gasteiger charge is -2.43. The molecule has 2 nitrogen and oxygen atoms in total. The molecule has 1 saturated heterocycles. The van der Waals surface area contributed by atoms with E-state index in [4.69, 9.17) is 4.74 Å². The van der Waals surface area contributed by atoms with Crippen LogP contribution in [-0.4, -0.2) is 19.5 Å². The van der Waals surface area contributed by atoms with Crippen molar-refractivity contribution in [3.8, 4) is 0 Å². The number of carbonyl (C=O) groups is 1. The van der Waals surface area contributed by atoms with E-state index >= 15 is 0 Å². The SMILES string of the molecule is CC(C)C1(CC=O)COC1. The van der Waals surface area contributed by atoms with Crippen molar-refractivity contribution in [2.24, 2.45) is 11.3 Å². The van der Waals surface area contributed by atoms with E-state index in [1.165, 1.54) is 0 Å². The molecule has 0 amide bonds. The first-order valence-electron chi connectivity index (χ1n) is 3.73. The molecule has 1 heterocycles. The molecule has 0 N–H and O–H groups in total. The second-order valence-corrected chi connectivity index (χ2v) is 3.38. The predicted molar refractivity (Wildman–Crippen MR) is 38.8 cm³/mol. The Morgan fingerprint density at radius 1 is 1.60 bits per heavy atom. The zero-order valence-electron chi connectivity index (χ0n) is 6.59. The van der Waals surface area contributed by atoms with Crippen molar-refractivity contribution in [1.82, 2.24) is 0 Å². The van der Waals surface area contributed by atoms with Crippen molar-refractivity contribution in [1.29, 1.82) is 0 Å². The highest BCUT2D eigenvalue weighted by molar-refractivity contribution is 5.51. The molecule has 0 aromatic carbocycles. The molecule has 1 aliphatic rings. The molecule has 1 aliphatic heterocycles. The standard InChI is InChI=1S/C8H14O2/c1-7(2)8(3-4-9)5-10-6-8/h4,7H,3,5-6H2,1-2H3. The maximum Gasteiger partial charge on any atom is 0.120 e. The lowest BCUT2D eigenvalue weighted by atomic mass is 9.73. The third kappa shape index (κ3) is 1.08. The van der Waals surface area contributed by atoms with E-state index in [1.54, 1.807) is 0 Å². The maximum atomic E-state index is 10.3. The lowest BCUT2D eigenvalue weighted by Crippen LogP contribution is -2.46. The Hall–Kier alpha value is -0.370. The molecule has 0 unspecified atom stereocenters. The van der Waals surface area contributed by atoms with Crippen LogP contribution in [0.2, 0.25) is 0 Å². The van der Waals surface area contributed by atoms with Gasteiger partial charge in [-0.05, 0) is 5.92 Å². The summed E-state index contributed by atoms with van der Waals surface area (Å²) in [6.45, 7) is 5.82. The Balaban J connectivity index is 2.50. The molecule has 0 spiro atoms. The Morgan fingerprint density at radius 3 is 2.30 bits per heavy atom. The highest BCUT2D eigenvalue weighted by Gasteiger charge is 2.40. The molecule has 0 atom stereocenters. The van der Waals surface area contributed by atoms with Gasteiger partial charge >= 0.3 is 0 Å². The molecule has 0 bridgehead atoms. The van der Waals surface area contributed by atoms with Crippen molar-refractivity contribution in [3.05, 3.63) is 0 Å². The molecule has 10 heavy (non-hydrogen) atoms. The van der Waals surface area contributed by atoms with Crippen molar-refractivity contribution < 1.29 is 9.53 Å². The van der Waals surface area contributed by atoms with Crippen LogP contribution in [0.25, 0.3) is 0 Å². The number of aldehydes is 1. The van der Waals surface area contributed by atoms with Crippen molar-refractivity contribution in [2.75, 3.05) is 13.2 Å². The van der Waals surface area contributed by atoms with E-state index < -0.39 is 0 Å². The van der Waals surface area contributed by atoms with Crippen LogP contribution in [0.3, 0.4) is 0 Å². The average Bonchev–Trinajstić information content (AvgIpc) is 1.77. The Labute approximate surface area is 61.6 Å². The van der Waals surface area contributed by atoms with Gasteiger partial charge in [-0.1, -0.05) is 13.8 Å². The van der Waals surface area contributed by atoms with Gasteiger partial charge in [0.25, 0.3) is 0 Å². The van der Waals surface area contributed by atoms with Gasteiger partial charge in [0.2, 0.25) is 0 Å². The molecule has 2 heteroatoms. The number of rotatable bonds is 3. The molecule has 1 rings (SSSR count). The van der Waals surface area contributed by atoms with Gasteiger partial charge in [-0.3, -0.25) is 0 Å². The van der Waals surface area contributed by atoms with Gasteiger partial charge in [0.1, 0.15) is 6.29 Å². The van der Waals surface area contributed by atoms with Crippen molar-refractivity contribution in [3.63, 3.8) is 0 Å². The molecular weight excluding hydrogens is 128 g/mol. The summed E-state index contributed by atoms with van der Waals surface area (Å²) in [6, 6.07) is 0. The normalized spacial score (nSPS) is 22.3. The topological polar surface area (TPSA) is 26.3 Å². The molecule has 1 fully saturated rings. The van der Waals surface area contributed by atoms with Gasteiger partial charge in [0.15, 0.2) is 0 Å². The lowest BCUT2D eigenvalue weighted by molar-refractivity contribution is -0.149. The van der Waals surface area contributed by atoms with Crippen LogP contribution in [0.1, 0.15) is 20.3 Å².